The van der Waals surface area contributed by atoms with Gasteiger partial charge < -0.3 is 4.98 Å². The van der Waals surface area contributed by atoms with E-state index in [2.05, 4.69) is 9.97 Å². The monoisotopic (exact) mass is 174 g/mol. The van der Waals surface area contributed by atoms with Crippen LogP contribution in [-0.4, -0.2) is 9.97 Å². The van der Waals surface area contributed by atoms with Crippen LogP contribution in [0.2, 0.25) is 0 Å². The molecule has 3 nitrogen and oxygen atoms in total. The van der Waals surface area contributed by atoms with Crippen LogP contribution < -0.4 is 5.43 Å². The summed E-state index contributed by atoms with van der Waals surface area (Å²) in [5.74, 6) is 0. The van der Waals surface area contributed by atoms with Gasteiger partial charge in [-0.1, -0.05) is 0 Å². The van der Waals surface area contributed by atoms with Crippen molar-refractivity contribution in [2.24, 2.45) is 0 Å². The van der Waals surface area contributed by atoms with Gasteiger partial charge in [-0.15, -0.1) is 0 Å². The molecular formula is C10H10N2O. The third-order valence-electron chi connectivity index (χ3n) is 2.09. The first-order valence-corrected chi connectivity index (χ1v) is 4.13. The minimum absolute atomic E-state index is 0.0826. The molecule has 0 bridgehead atoms. The Morgan fingerprint density at radius 2 is 2.15 bits per heavy atom. The van der Waals surface area contributed by atoms with Crippen LogP contribution in [0.3, 0.4) is 0 Å². The van der Waals surface area contributed by atoms with Crippen LogP contribution in [0, 0.1) is 13.8 Å². The Morgan fingerprint density at radius 3 is 2.92 bits per heavy atom. The van der Waals surface area contributed by atoms with Gasteiger partial charge in [0.05, 0.1) is 11.7 Å². The smallest absolute Gasteiger partial charge is 0.192 e. The summed E-state index contributed by atoms with van der Waals surface area (Å²) < 4.78 is 0. The van der Waals surface area contributed by atoms with E-state index in [0.29, 0.717) is 5.39 Å². The van der Waals surface area contributed by atoms with E-state index in [9.17, 15) is 4.79 Å². The van der Waals surface area contributed by atoms with E-state index < -0.39 is 0 Å². The Hall–Kier alpha value is -1.64. The zero-order valence-electron chi connectivity index (χ0n) is 7.59. The van der Waals surface area contributed by atoms with Crippen molar-refractivity contribution in [3.8, 4) is 0 Å². The molecule has 66 valence electrons. The van der Waals surface area contributed by atoms with Crippen LogP contribution in [-0.2, 0) is 0 Å². The number of pyridine rings is 2. The number of rotatable bonds is 0. The summed E-state index contributed by atoms with van der Waals surface area (Å²) in [4.78, 5) is 18.8. The first-order valence-electron chi connectivity index (χ1n) is 4.13. The maximum Gasteiger partial charge on any atom is 0.192 e. The predicted molar refractivity (Wildman–Crippen MR) is 51.8 cm³/mol. The molecule has 0 saturated heterocycles. The van der Waals surface area contributed by atoms with Crippen molar-refractivity contribution in [1.82, 2.24) is 9.97 Å². The topological polar surface area (TPSA) is 45.8 Å². The second-order valence-corrected chi connectivity index (χ2v) is 3.17. The summed E-state index contributed by atoms with van der Waals surface area (Å²) >= 11 is 0. The predicted octanol–water partition coefficient (Wildman–Crippen LogP) is 1.54. The molecule has 2 heterocycles. The second-order valence-electron chi connectivity index (χ2n) is 3.17. The molecule has 0 aliphatic carbocycles. The zero-order valence-corrected chi connectivity index (χ0v) is 7.59. The second kappa shape index (κ2) is 2.69. The first kappa shape index (κ1) is 7.98. The van der Waals surface area contributed by atoms with Crippen LogP contribution in [0.25, 0.3) is 10.9 Å². The molecule has 0 fully saturated rings. The Morgan fingerprint density at radius 1 is 1.38 bits per heavy atom. The summed E-state index contributed by atoms with van der Waals surface area (Å²) in [5, 5.41) is 0.715. The van der Waals surface area contributed by atoms with Gasteiger partial charge in [0.25, 0.3) is 0 Å². The Bertz CT molecular complexity index is 509. The molecule has 1 N–H and O–H groups in total. The fraction of sp³-hybridized carbons (Fsp3) is 0.200. The Balaban J connectivity index is 2.97. The highest BCUT2D eigenvalue weighted by Crippen LogP contribution is 2.06. The van der Waals surface area contributed by atoms with Crippen molar-refractivity contribution < 1.29 is 0 Å². The zero-order chi connectivity index (χ0) is 9.42. The van der Waals surface area contributed by atoms with Crippen molar-refractivity contribution in [2.75, 3.05) is 0 Å². The number of hydrogen-bond donors (Lipinski definition) is 1. The number of hydrogen-bond acceptors (Lipinski definition) is 2. The fourth-order valence-electron chi connectivity index (χ4n) is 1.33. The van der Waals surface area contributed by atoms with Crippen LogP contribution in [0.15, 0.2) is 23.3 Å². The lowest BCUT2D eigenvalue weighted by molar-refractivity contribution is 1.19. The third kappa shape index (κ3) is 1.22. The van der Waals surface area contributed by atoms with Crippen LogP contribution in [0.1, 0.15) is 11.3 Å². The van der Waals surface area contributed by atoms with E-state index in [-0.39, 0.29) is 5.43 Å². The minimum Gasteiger partial charge on any atom is -0.359 e. The highest BCUT2D eigenvalue weighted by molar-refractivity contribution is 5.78. The lowest BCUT2D eigenvalue weighted by Crippen LogP contribution is -2.06. The molecule has 0 spiro atoms. The third-order valence-corrected chi connectivity index (χ3v) is 2.09. The average molecular weight is 174 g/mol. The van der Waals surface area contributed by atoms with E-state index in [0.717, 1.165) is 16.8 Å². The molecule has 0 amide bonds. The number of nitrogens with zero attached hydrogens (tertiary/aromatic N) is 1. The lowest BCUT2D eigenvalue weighted by Gasteiger charge is -1.99. The van der Waals surface area contributed by atoms with E-state index >= 15 is 0 Å². The molecule has 2 aromatic rings. The summed E-state index contributed by atoms with van der Waals surface area (Å²) in [6, 6.07) is 1.81. The molecule has 0 atom stereocenters. The standard InChI is InChI=1S/C10H10N2O/c1-6-4-12-9-5-11-7(2)3-8(9)10(6)13/h3-5H,1-2H3,(H,12,13). The Kier molecular flexibility index (Phi) is 1.65. The summed E-state index contributed by atoms with van der Waals surface area (Å²) in [5.41, 5.74) is 2.47. The number of nitrogens with one attached hydrogen (secondary N) is 1. The Labute approximate surface area is 75.4 Å². The fourth-order valence-corrected chi connectivity index (χ4v) is 1.33. The van der Waals surface area contributed by atoms with E-state index in [1.807, 2.05) is 6.92 Å². The van der Waals surface area contributed by atoms with Crippen molar-refractivity contribution in [3.63, 3.8) is 0 Å². The van der Waals surface area contributed by atoms with Gasteiger partial charge in [0.2, 0.25) is 0 Å². The maximum atomic E-state index is 11.6. The van der Waals surface area contributed by atoms with E-state index in [1.54, 1.807) is 25.4 Å². The first-order chi connectivity index (χ1) is 6.18. The van der Waals surface area contributed by atoms with Crippen LogP contribution in [0.4, 0.5) is 0 Å². The lowest BCUT2D eigenvalue weighted by atomic mass is 10.2. The maximum absolute atomic E-state index is 11.6. The van der Waals surface area contributed by atoms with E-state index in [1.165, 1.54) is 0 Å². The van der Waals surface area contributed by atoms with E-state index in [4.69, 9.17) is 0 Å². The van der Waals surface area contributed by atoms with Gasteiger partial charge in [0.1, 0.15) is 0 Å². The molecule has 2 aromatic heterocycles. The molecule has 0 aromatic carbocycles. The van der Waals surface area contributed by atoms with Gasteiger partial charge in [-0.05, 0) is 19.9 Å². The number of aryl methyl sites for hydroxylation is 2. The van der Waals surface area contributed by atoms with Crippen LogP contribution in [0.5, 0.6) is 0 Å². The highest BCUT2D eigenvalue weighted by Gasteiger charge is 2.01. The molecule has 13 heavy (non-hydrogen) atoms. The van der Waals surface area contributed by atoms with Crippen molar-refractivity contribution in [1.29, 1.82) is 0 Å². The average Bonchev–Trinajstić information content (AvgIpc) is 2.12. The van der Waals surface area contributed by atoms with Gasteiger partial charge in [-0.25, -0.2) is 0 Å². The highest BCUT2D eigenvalue weighted by atomic mass is 16.1. The number of H-pyrrole nitrogens is 1. The van der Waals surface area contributed by atoms with Crippen molar-refractivity contribution in [3.05, 3.63) is 39.9 Å². The summed E-state index contributed by atoms with van der Waals surface area (Å²) in [6.07, 6.45) is 3.40. The van der Waals surface area contributed by atoms with Crippen molar-refractivity contribution in [2.45, 2.75) is 13.8 Å². The molecule has 0 radical (unpaired) electrons. The quantitative estimate of drug-likeness (QED) is 0.658. The molecule has 0 aliphatic heterocycles. The molecular weight excluding hydrogens is 164 g/mol. The summed E-state index contributed by atoms with van der Waals surface area (Å²) in [7, 11) is 0. The SMILES string of the molecule is Cc1cc2c(=O)c(C)c[nH]c2cn1. The molecule has 0 unspecified atom stereocenters. The van der Waals surface area contributed by atoms with Gasteiger partial charge in [0.15, 0.2) is 5.43 Å². The number of aromatic nitrogens is 2. The summed E-state index contributed by atoms with van der Waals surface area (Å²) in [6.45, 7) is 3.68. The molecule has 0 saturated carbocycles. The van der Waals surface area contributed by atoms with Gasteiger partial charge in [0, 0.05) is 22.8 Å². The minimum atomic E-state index is 0.0826. The normalized spacial score (nSPS) is 10.6. The largest absolute Gasteiger partial charge is 0.359 e. The number of fused-ring (bicyclic) bond motifs is 1. The van der Waals surface area contributed by atoms with Gasteiger partial charge in [-0.2, -0.15) is 0 Å². The number of aromatic amines is 1. The van der Waals surface area contributed by atoms with Crippen LogP contribution >= 0.6 is 0 Å². The van der Waals surface area contributed by atoms with Gasteiger partial charge in [-0.3, -0.25) is 9.78 Å². The van der Waals surface area contributed by atoms with Gasteiger partial charge >= 0.3 is 0 Å². The van der Waals surface area contributed by atoms with Crippen molar-refractivity contribution >= 4 is 10.9 Å². The molecule has 3 heteroatoms. The molecule has 0 aliphatic rings. The molecule has 2 rings (SSSR count).